The van der Waals surface area contributed by atoms with E-state index in [9.17, 15) is 4.79 Å². The smallest absolute Gasteiger partial charge is 0.372 e. The highest BCUT2D eigenvalue weighted by Crippen LogP contribution is 2.44. The molecule has 25 heavy (non-hydrogen) atoms. The summed E-state index contributed by atoms with van der Waals surface area (Å²) in [5.74, 6) is 2.06. The number of aryl methyl sites for hydroxylation is 3. The van der Waals surface area contributed by atoms with Gasteiger partial charge in [0.25, 0.3) is 0 Å². The van der Waals surface area contributed by atoms with Gasteiger partial charge >= 0.3 is 5.30 Å². The van der Waals surface area contributed by atoms with Gasteiger partial charge in [-0.1, -0.05) is 18.2 Å². The molecule has 0 saturated heterocycles. The standard InChI is InChI=1S/C21H24O3S/c1-13-10-15(3)20(11-14(13)2)23-12-18-17(16-8-9-16)6-5-7-19(18)24-21(22)25-4/h5-7,10-11,16H,8-9,12H2,1-4H3. The van der Waals surface area contributed by atoms with Gasteiger partial charge in [0.1, 0.15) is 18.1 Å². The number of carbonyl (C=O) groups is 1. The summed E-state index contributed by atoms with van der Waals surface area (Å²) in [4.78, 5) is 11.7. The fourth-order valence-electron chi connectivity index (χ4n) is 2.98. The van der Waals surface area contributed by atoms with Crippen molar-refractivity contribution >= 4 is 17.1 Å². The highest BCUT2D eigenvalue weighted by Gasteiger charge is 2.28. The van der Waals surface area contributed by atoms with Crippen LogP contribution in [0.1, 0.15) is 46.6 Å². The van der Waals surface area contributed by atoms with Crippen molar-refractivity contribution in [3.8, 4) is 11.5 Å². The second kappa shape index (κ2) is 7.52. The van der Waals surface area contributed by atoms with Crippen LogP contribution in [0.25, 0.3) is 0 Å². The summed E-state index contributed by atoms with van der Waals surface area (Å²) in [7, 11) is 0. The van der Waals surface area contributed by atoms with Gasteiger partial charge in [-0.05, 0) is 91.9 Å². The predicted octanol–water partition coefficient (Wildman–Crippen LogP) is 5.93. The minimum absolute atomic E-state index is 0.295. The van der Waals surface area contributed by atoms with Gasteiger partial charge in [-0.2, -0.15) is 0 Å². The van der Waals surface area contributed by atoms with Crippen molar-refractivity contribution in [3.63, 3.8) is 0 Å². The van der Waals surface area contributed by atoms with E-state index in [4.69, 9.17) is 9.47 Å². The van der Waals surface area contributed by atoms with Crippen LogP contribution in [-0.2, 0) is 6.61 Å². The summed E-state index contributed by atoms with van der Waals surface area (Å²) < 4.78 is 11.7. The third-order valence-electron chi connectivity index (χ3n) is 4.71. The average molecular weight is 356 g/mol. The maximum absolute atomic E-state index is 11.7. The average Bonchev–Trinajstić information content (AvgIpc) is 3.42. The van der Waals surface area contributed by atoms with E-state index < -0.39 is 0 Å². The molecule has 0 atom stereocenters. The molecule has 0 bridgehead atoms. The molecule has 0 radical (unpaired) electrons. The molecule has 132 valence electrons. The summed E-state index contributed by atoms with van der Waals surface area (Å²) in [6.07, 6.45) is 4.10. The molecule has 0 unspecified atom stereocenters. The van der Waals surface area contributed by atoms with Crippen LogP contribution >= 0.6 is 11.8 Å². The molecule has 0 amide bonds. The van der Waals surface area contributed by atoms with Gasteiger partial charge in [0, 0.05) is 5.56 Å². The first-order chi connectivity index (χ1) is 12.0. The van der Waals surface area contributed by atoms with Crippen molar-refractivity contribution < 1.29 is 14.3 Å². The molecule has 4 heteroatoms. The lowest BCUT2D eigenvalue weighted by Gasteiger charge is -2.17. The van der Waals surface area contributed by atoms with Gasteiger partial charge in [0.15, 0.2) is 0 Å². The van der Waals surface area contributed by atoms with Crippen LogP contribution in [-0.4, -0.2) is 11.6 Å². The van der Waals surface area contributed by atoms with Crippen molar-refractivity contribution in [2.24, 2.45) is 0 Å². The van der Waals surface area contributed by atoms with Gasteiger partial charge in [0.2, 0.25) is 0 Å². The number of benzene rings is 2. The Labute approximate surface area is 153 Å². The van der Waals surface area contributed by atoms with Crippen LogP contribution in [0.15, 0.2) is 30.3 Å². The van der Waals surface area contributed by atoms with E-state index in [1.807, 2.05) is 12.1 Å². The highest BCUT2D eigenvalue weighted by molar-refractivity contribution is 8.12. The highest BCUT2D eigenvalue weighted by atomic mass is 32.2. The summed E-state index contributed by atoms with van der Waals surface area (Å²) >= 11 is 1.08. The molecular formula is C21H24O3S. The van der Waals surface area contributed by atoms with Crippen molar-refractivity contribution in [1.29, 1.82) is 0 Å². The Morgan fingerprint density at radius 1 is 1.08 bits per heavy atom. The topological polar surface area (TPSA) is 35.5 Å². The van der Waals surface area contributed by atoms with E-state index >= 15 is 0 Å². The Kier molecular flexibility index (Phi) is 5.38. The van der Waals surface area contributed by atoms with Crippen molar-refractivity contribution in [1.82, 2.24) is 0 Å². The number of ether oxygens (including phenoxy) is 2. The number of hydrogen-bond acceptors (Lipinski definition) is 4. The van der Waals surface area contributed by atoms with Crippen LogP contribution < -0.4 is 9.47 Å². The van der Waals surface area contributed by atoms with E-state index in [0.717, 1.165) is 28.6 Å². The van der Waals surface area contributed by atoms with E-state index in [1.165, 1.54) is 29.5 Å². The second-order valence-electron chi connectivity index (χ2n) is 6.65. The van der Waals surface area contributed by atoms with Crippen LogP contribution in [0.2, 0.25) is 0 Å². The van der Waals surface area contributed by atoms with Gasteiger partial charge < -0.3 is 9.47 Å². The Morgan fingerprint density at radius 2 is 1.80 bits per heavy atom. The first-order valence-corrected chi connectivity index (χ1v) is 9.80. The Morgan fingerprint density at radius 3 is 2.48 bits per heavy atom. The molecule has 2 aromatic carbocycles. The molecule has 3 nitrogen and oxygen atoms in total. The van der Waals surface area contributed by atoms with Gasteiger partial charge in [-0.15, -0.1) is 0 Å². The minimum Gasteiger partial charge on any atom is -0.488 e. The molecule has 0 aliphatic heterocycles. The lowest BCUT2D eigenvalue weighted by Crippen LogP contribution is -2.07. The fraction of sp³-hybridized carbons (Fsp3) is 0.381. The Bertz CT molecular complexity index is 794. The Balaban J connectivity index is 1.88. The SMILES string of the molecule is CSC(=O)Oc1cccc(C2CC2)c1COc1cc(C)c(C)cc1C. The normalized spacial score (nSPS) is 13.6. The lowest BCUT2D eigenvalue weighted by atomic mass is 10.0. The molecule has 0 spiro atoms. The lowest BCUT2D eigenvalue weighted by molar-refractivity contribution is 0.225. The molecular weight excluding hydrogens is 332 g/mol. The second-order valence-corrected chi connectivity index (χ2v) is 7.39. The zero-order chi connectivity index (χ0) is 18.0. The van der Waals surface area contributed by atoms with Crippen LogP contribution in [0.5, 0.6) is 11.5 Å². The van der Waals surface area contributed by atoms with Gasteiger partial charge in [-0.3, -0.25) is 0 Å². The molecule has 0 heterocycles. The van der Waals surface area contributed by atoms with E-state index in [2.05, 4.69) is 39.0 Å². The maximum Gasteiger partial charge on any atom is 0.372 e. The fourth-order valence-corrected chi connectivity index (χ4v) is 3.15. The third kappa shape index (κ3) is 4.18. The van der Waals surface area contributed by atoms with Crippen molar-refractivity contribution in [2.75, 3.05) is 6.26 Å². The summed E-state index contributed by atoms with van der Waals surface area (Å²) in [5, 5.41) is -0.295. The zero-order valence-electron chi connectivity index (χ0n) is 15.2. The molecule has 1 saturated carbocycles. The molecule has 1 fully saturated rings. The molecule has 1 aliphatic carbocycles. The van der Waals surface area contributed by atoms with Crippen LogP contribution in [0.3, 0.4) is 0 Å². The molecule has 0 aromatic heterocycles. The monoisotopic (exact) mass is 356 g/mol. The number of rotatable bonds is 5. The van der Waals surface area contributed by atoms with Crippen LogP contribution in [0.4, 0.5) is 4.79 Å². The Hall–Kier alpha value is -1.94. The number of carbonyl (C=O) groups excluding carboxylic acids is 1. The predicted molar refractivity (Wildman–Crippen MR) is 103 cm³/mol. The van der Waals surface area contributed by atoms with E-state index in [0.29, 0.717) is 18.3 Å². The maximum atomic E-state index is 11.7. The third-order valence-corrected chi connectivity index (χ3v) is 5.13. The first kappa shape index (κ1) is 17.9. The summed E-state index contributed by atoms with van der Waals surface area (Å²) in [6, 6.07) is 10.2. The van der Waals surface area contributed by atoms with Crippen molar-refractivity contribution in [3.05, 3.63) is 58.1 Å². The largest absolute Gasteiger partial charge is 0.488 e. The molecule has 2 aromatic rings. The zero-order valence-corrected chi connectivity index (χ0v) is 16.0. The molecule has 0 N–H and O–H groups in total. The number of hydrogen-bond donors (Lipinski definition) is 0. The molecule has 1 aliphatic rings. The van der Waals surface area contributed by atoms with E-state index in [1.54, 1.807) is 6.26 Å². The quantitative estimate of drug-likeness (QED) is 0.622. The number of thioether (sulfide) groups is 1. The summed E-state index contributed by atoms with van der Waals surface area (Å²) in [5.41, 5.74) is 5.83. The van der Waals surface area contributed by atoms with Crippen LogP contribution in [0, 0.1) is 20.8 Å². The van der Waals surface area contributed by atoms with Gasteiger partial charge in [0.05, 0.1) is 0 Å². The summed E-state index contributed by atoms with van der Waals surface area (Å²) in [6.45, 7) is 6.66. The molecule has 3 rings (SSSR count). The van der Waals surface area contributed by atoms with Gasteiger partial charge in [-0.25, -0.2) is 4.79 Å². The van der Waals surface area contributed by atoms with E-state index in [-0.39, 0.29) is 5.30 Å². The van der Waals surface area contributed by atoms with Crippen molar-refractivity contribution in [2.45, 2.75) is 46.1 Å². The first-order valence-electron chi connectivity index (χ1n) is 8.57. The minimum atomic E-state index is -0.295.